The standard InChI is InChI=1S/C16H21N3O/c1-13(2)10-16(20)18-15-11-17-19(12-15)9-8-14-6-4-3-5-7-14/h3-7,11-13H,8-10H2,1-2H3,(H,18,20). The number of nitrogens with zero attached hydrogens (tertiary/aromatic N) is 2. The van der Waals surface area contributed by atoms with Gasteiger partial charge < -0.3 is 5.32 Å². The van der Waals surface area contributed by atoms with Crippen LogP contribution in [0.25, 0.3) is 0 Å². The summed E-state index contributed by atoms with van der Waals surface area (Å²) in [6, 6.07) is 10.3. The molecule has 0 saturated heterocycles. The molecule has 4 heteroatoms. The molecule has 0 fully saturated rings. The van der Waals surface area contributed by atoms with Crippen LogP contribution in [0.2, 0.25) is 0 Å². The SMILES string of the molecule is CC(C)CC(=O)Nc1cnn(CCc2ccccc2)c1. The van der Waals surface area contributed by atoms with E-state index >= 15 is 0 Å². The topological polar surface area (TPSA) is 46.9 Å². The van der Waals surface area contributed by atoms with Crippen molar-refractivity contribution >= 4 is 11.6 Å². The van der Waals surface area contributed by atoms with E-state index in [4.69, 9.17) is 0 Å². The molecule has 2 aromatic rings. The quantitative estimate of drug-likeness (QED) is 0.877. The number of nitrogens with one attached hydrogen (secondary N) is 1. The van der Waals surface area contributed by atoms with Gasteiger partial charge in [0.15, 0.2) is 0 Å². The van der Waals surface area contributed by atoms with Gasteiger partial charge in [-0.15, -0.1) is 0 Å². The van der Waals surface area contributed by atoms with E-state index in [1.807, 2.05) is 42.9 Å². The number of hydrogen-bond acceptors (Lipinski definition) is 2. The molecule has 1 N–H and O–H groups in total. The fourth-order valence-electron chi connectivity index (χ4n) is 2.02. The summed E-state index contributed by atoms with van der Waals surface area (Å²) in [7, 11) is 0. The van der Waals surface area contributed by atoms with Crippen molar-refractivity contribution in [2.45, 2.75) is 33.2 Å². The van der Waals surface area contributed by atoms with Gasteiger partial charge in [-0.25, -0.2) is 0 Å². The van der Waals surface area contributed by atoms with Crippen molar-refractivity contribution in [1.82, 2.24) is 9.78 Å². The molecule has 4 nitrogen and oxygen atoms in total. The number of amides is 1. The molecule has 1 aromatic heterocycles. The van der Waals surface area contributed by atoms with Gasteiger partial charge >= 0.3 is 0 Å². The van der Waals surface area contributed by atoms with Crippen LogP contribution in [0.4, 0.5) is 5.69 Å². The Labute approximate surface area is 119 Å². The maximum absolute atomic E-state index is 11.7. The second-order valence-corrected chi connectivity index (χ2v) is 5.37. The first kappa shape index (κ1) is 14.3. The van der Waals surface area contributed by atoms with Gasteiger partial charge in [0.2, 0.25) is 5.91 Å². The fourth-order valence-corrected chi connectivity index (χ4v) is 2.02. The maximum Gasteiger partial charge on any atom is 0.224 e. The van der Waals surface area contributed by atoms with E-state index in [0.717, 1.165) is 18.7 Å². The van der Waals surface area contributed by atoms with Gasteiger partial charge in [-0.05, 0) is 17.9 Å². The summed E-state index contributed by atoms with van der Waals surface area (Å²) >= 11 is 0. The van der Waals surface area contributed by atoms with Crippen molar-refractivity contribution in [3.8, 4) is 0 Å². The van der Waals surface area contributed by atoms with Gasteiger partial charge in [-0.3, -0.25) is 9.48 Å². The zero-order valence-electron chi connectivity index (χ0n) is 12.0. The molecule has 106 valence electrons. The van der Waals surface area contributed by atoms with Crippen LogP contribution in [0.15, 0.2) is 42.7 Å². The first-order valence-electron chi connectivity index (χ1n) is 6.99. The molecule has 0 saturated carbocycles. The third-order valence-electron chi connectivity index (χ3n) is 2.98. The Hall–Kier alpha value is -2.10. The molecule has 1 amide bonds. The van der Waals surface area contributed by atoms with Crippen molar-refractivity contribution < 1.29 is 4.79 Å². The van der Waals surface area contributed by atoms with Crippen LogP contribution in [0.1, 0.15) is 25.8 Å². The highest BCUT2D eigenvalue weighted by Gasteiger charge is 2.06. The summed E-state index contributed by atoms with van der Waals surface area (Å²) in [6.45, 7) is 4.87. The Balaban J connectivity index is 1.84. The zero-order valence-corrected chi connectivity index (χ0v) is 12.0. The van der Waals surface area contributed by atoms with E-state index < -0.39 is 0 Å². The van der Waals surface area contributed by atoms with Crippen LogP contribution in [0.3, 0.4) is 0 Å². The highest BCUT2D eigenvalue weighted by Crippen LogP contribution is 2.09. The molecular weight excluding hydrogens is 250 g/mol. The minimum Gasteiger partial charge on any atom is -0.323 e. The summed E-state index contributed by atoms with van der Waals surface area (Å²) in [5.74, 6) is 0.408. The van der Waals surface area contributed by atoms with Gasteiger partial charge in [0.05, 0.1) is 11.9 Å². The maximum atomic E-state index is 11.7. The summed E-state index contributed by atoms with van der Waals surface area (Å²) < 4.78 is 1.86. The molecule has 1 aromatic carbocycles. The number of rotatable bonds is 6. The van der Waals surface area contributed by atoms with E-state index in [1.165, 1.54) is 5.56 Å². The van der Waals surface area contributed by atoms with Crippen molar-refractivity contribution in [2.24, 2.45) is 5.92 Å². The Kier molecular flexibility index (Phi) is 4.93. The van der Waals surface area contributed by atoms with Crippen molar-refractivity contribution in [1.29, 1.82) is 0 Å². The van der Waals surface area contributed by atoms with Crippen molar-refractivity contribution in [3.63, 3.8) is 0 Å². The molecule has 1 heterocycles. The van der Waals surface area contributed by atoms with Gasteiger partial charge in [-0.2, -0.15) is 5.10 Å². The van der Waals surface area contributed by atoms with E-state index in [0.29, 0.717) is 12.3 Å². The van der Waals surface area contributed by atoms with Crippen LogP contribution in [0.5, 0.6) is 0 Å². The third-order valence-corrected chi connectivity index (χ3v) is 2.98. The second kappa shape index (κ2) is 6.89. The van der Waals surface area contributed by atoms with Crippen LogP contribution in [-0.2, 0) is 17.8 Å². The molecule has 0 unspecified atom stereocenters. The van der Waals surface area contributed by atoms with Crippen LogP contribution < -0.4 is 5.32 Å². The first-order valence-corrected chi connectivity index (χ1v) is 6.99. The molecule has 20 heavy (non-hydrogen) atoms. The highest BCUT2D eigenvalue weighted by molar-refractivity contribution is 5.90. The van der Waals surface area contributed by atoms with Crippen molar-refractivity contribution in [3.05, 3.63) is 48.3 Å². The lowest BCUT2D eigenvalue weighted by Gasteiger charge is -2.04. The normalized spacial score (nSPS) is 10.8. The van der Waals surface area contributed by atoms with Crippen molar-refractivity contribution in [2.75, 3.05) is 5.32 Å². The molecule has 0 atom stereocenters. The number of hydrogen-bond donors (Lipinski definition) is 1. The first-order chi connectivity index (χ1) is 9.63. The Bertz CT molecular complexity index is 546. The number of aryl methyl sites for hydroxylation is 2. The minimum atomic E-state index is 0.0441. The Morgan fingerprint density at radius 1 is 1.30 bits per heavy atom. The smallest absolute Gasteiger partial charge is 0.224 e. The van der Waals surface area contributed by atoms with Gasteiger partial charge in [0.25, 0.3) is 0 Å². The number of carbonyl (C=O) groups is 1. The number of carbonyl (C=O) groups excluding carboxylic acids is 1. The van der Waals surface area contributed by atoms with Gasteiger partial charge in [-0.1, -0.05) is 44.2 Å². The minimum absolute atomic E-state index is 0.0441. The van der Waals surface area contributed by atoms with Crippen LogP contribution >= 0.6 is 0 Å². The number of aromatic nitrogens is 2. The lowest BCUT2D eigenvalue weighted by molar-refractivity contribution is -0.116. The average Bonchev–Trinajstić information content (AvgIpc) is 2.84. The van der Waals surface area contributed by atoms with E-state index in [9.17, 15) is 4.79 Å². The number of benzene rings is 1. The fraction of sp³-hybridized carbons (Fsp3) is 0.375. The van der Waals surface area contributed by atoms with Crippen LogP contribution in [-0.4, -0.2) is 15.7 Å². The van der Waals surface area contributed by atoms with E-state index in [2.05, 4.69) is 22.5 Å². The zero-order chi connectivity index (χ0) is 14.4. The van der Waals surface area contributed by atoms with Gasteiger partial charge in [0, 0.05) is 19.2 Å². The van der Waals surface area contributed by atoms with E-state index in [1.54, 1.807) is 6.20 Å². The van der Waals surface area contributed by atoms with Crippen LogP contribution in [0, 0.1) is 5.92 Å². The average molecular weight is 271 g/mol. The lowest BCUT2D eigenvalue weighted by atomic mass is 10.1. The molecule has 2 rings (SSSR count). The highest BCUT2D eigenvalue weighted by atomic mass is 16.1. The molecule has 0 spiro atoms. The summed E-state index contributed by atoms with van der Waals surface area (Å²) in [5, 5.41) is 7.13. The number of anilines is 1. The summed E-state index contributed by atoms with van der Waals surface area (Å²) in [4.78, 5) is 11.7. The second-order valence-electron chi connectivity index (χ2n) is 5.37. The Morgan fingerprint density at radius 3 is 2.75 bits per heavy atom. The molecular formula is C16H21N3O. The molecule has 0 aliphatic heterocycles. The third kappa shape index (κ3) is 4.53. The molecule has 0 bridgehead atoms. The lowest BCUT2D eigenvalue weighted by Crippen LogP contribution is -2.13. The largest absolute Gasteiger partial charge is 0.323 e. The summed E-state index contributed by atoms with van der Waals surface area (Å²) in [6.07, 6.45) is 5.04. The monoisotopic (exact) mass is 271 g/mol. The molecule has 0 aliphatic carbocycles. The Morgan fingerprint density at radius 2 is 2.05 bits per heavy atom. The van der Waals surface area contributed by atoms with E-state index in [-0.39, 0.29) is 5.91 Å². The molecule has 0 radical (unpaired) electrons. The predicted molar refractivity (Wildman–Crippen MR) is 80.5 cm³/mol. The summed E-state index contributed by atoms with van der Waals surface area (Å²) in [5.41, 5.74) is 2.05. The molecule has 0 aliphatic rings. The predicted octanol–water partition coefficient (Wildman–Crippen LogP) is 3.11. The van der Waals surface area contributed by atoms with Gasteiger partial charge in [0.1, 0.15) is 0 Å².